The number of carbonyl (C=O) groups excluding carboxylic acids is 1. The molecule has 7 heteroatoms. The molecule has 3 aromatic carbocycles. The van der Waals surface area contributed by atoms with Crippen molar-refractivity contribution in [3.05, 3.63) is 72.3 Å². The van der Waals surface area contributed by atoms with Gasteiger partial charge in [-0.2, -0.15) is 0 Å². The molecular weight excluding hydrogens is 382 g/mol. The summed E-state index contributed by atoms with van der Waals surface area (Å²) in [5.74, 6) is 6.63. The smallest absolute Gasteiger partial charge is 0.237 e. The Balaban J connectivity index is 1.50. The second-order valence-electron chi connectivity index (χ2n) is 6.82. The monoisotopic (exact) mass is 403 g/mol. The van der Waals surface area contributed by atoms with Crippen molar-refractivity contribution in [1.29, 1.82) is 0 Å². The highest BCUT2D eigenvalue weighted by Crippen LogP contribution is 2.27. The number of anilines is 1. The van der Waals surface area contributed by atoms with Gasteiger partial charge in [-0.1, -0.05) is 78.0 Å². The standard InChI is InChI=1S/C22H21N5OS/c1-14-10-12-17(13-11-14)20-25-26-22(27(20)23)29-15(2)21(28)24-19-9-5-7-16-6-3-4-8-18(16)19/h3-13,15H,23H2,1-2H3,(H,24,28)/t15-/m1/s1. The molecule has 0 fully saturated rings. The topological polar surface area (TPSA) is 85.8 Å². The van der Waals surface area contributed by atoms with Crippen LogP contribution in [-0.4, -0.2) is 26.0 Å². The summed E-state index contributed by atoms with van der Waals surface area (Å²) in [6, 6.07) is 21.7. The maximum Gasteiger partial charge on any atom is 0.237 e. The fourth-order valence-corrected chi connectivity index (χ4v) is 3.81. The summed E-state index contributed by atoms with van der Waals surface area (Å²) >= 11 is 1.27. The number of carbonyl (C=O) groups is 1. The largest absolute Gasteiger partial charge is 0.335 e. The molecule has 0 unspecified atom stereocenters. The van der Waals surface area contributed by atoms with Crippen LogP contribution in [0.4, 0.5) is 5.69 Å². The minimum absolute atomic E-state index is 0.119. The Labute approximate surface area is 173 Å². The molecule has 1 heterocycles. The maximum absolute atomic E-state index is 12.8. The Morgan fingerprint density at radius 1 is 1.03 bits per heavy atom. The predicted octanol–water partition coefficient (Wildman–Crippen LogP) is 4.24. The van der Waals surface area contributed by atoms with E-state index >= 15 is 0 Å². The first kappa shape index (κ1) is 19.0. The summed E-state index contributed by atoms with van der Waals surface area (Å²) in [5.41, 5.74) is 2.82. The van der Waals surface area contributed by atoms with Gasteiger partial charge in [0.1, 0.15) is 0 Å². The quantitative estimate of drug-likeness (QED) is 0.384. The highest BCUT2D eigenvalue weighted by Gasteiger charge is 2.20. The number of aromatic nitrogens is 3. The number of nitrogens with two attached hydrogens (primary N) is 1. The van der Waals surface area contributed by atoms with Crippen molar-refractivity contribution in [2.75, 3.05) is 11.2 Å². The fraction of sp³-hybridized carbons (Fsp3) is 0.136. The normalized spacial score (nSPS) is 12.1. The van der Waals surface area contributed by atoms with E-state index in [-0.39, 0.29) is 5.91 Å². The van der Waals surface area contributed by atoms with Gasteiger partial charge >= 0.3 is 0 Å². The van der Waals surface area contributed by atoms with Crippen LogP contribution >= 0.6 is 11.8 Å². The molecule has 4 aromatic rings. The van der Waals surface area contributed by atoms with Crippen molar-refractivity contribution < 1.29 is 4.79 Å². The van der Waals surface area contributed by atoms with E-state index in [2.05, 4.69) is 15.5 Å². The molecule has 29 heavy (non-hydrogen) atoms. The van der Waals surface area contributed by atoms with Gasteiger partial charge in [0.2, 0.25) is 11.1 Å². The number of hydrogen-bond donors (Lipinski definition) is 2. The molecule has 0 saturated heterocycles. The van der Waals surface area contributed by atoms with Crippen molar-refractivity contribution in [2.45, 2.75) is 24.3 Å². The van der Waals surface area contributed by atoms with Crippen molar-refractivity contribution in [1.82, 2.24) is 14.9 Å². The molecule has 0 aliphatic rings. The molecule has 146 valence electrons. The van der Waals surface area contributed by atoms with E-state index in [4.69, 9.17) is 5.84 Å². The number of nitrogens with zero attached hydrogens (tertiary/aromatic N) is 3. The van der Waals surface area contributed by atoms with Crippen LogP contribution in [-0.2, 0) is 4.79 Å². The number of nitrogens with one attached hydrogen (secondary N) is 1. The van der Waals surface area contributed by atoms with Crippen molar-refractivity contribution in [3.8, 4) is 11.4 Å². The van der Waals surface area contributed by atoms with E-state index in [0.29, 0.717) is 11.0 Å². The van der Waals surface area contributed by atoms with E-state index in [1.807, 2.05) is 80.6 Å². The van der Waals surface area contributed by atoms with E-state index < -0.39 is 5.25 Å². The molecule has 3 N–H and O–H groups in total. The van der Waals surface area contributed by atoms with Gasteiger partial charge in [0.15, 0.2) is 5.82 Å². The van der Waals surface area contributed by atoms with Gasteiger partial charge in [0.05, 0.1) is 5.25 Å². The zero-order chi connectivity index (χ0) is 20.4. The highest BCUT2D eigenvalue weighted by atomic mass is 32.2. The first-order chi connectivity index (χ1) is 14.0. The summed E-state index contributed by atoms with van der Waals surface area (Å²) in [5, 5.41) is 13.5. The molecule has 0 saturated carbocycles. The minimum atomic E-state index is -0.397. The molecule has 0 aliphatic heterocycles. The number of hydrogen-bond acceptors (Lipinski definition) is 5. The Morgan fingerprint density at radius 2 is 1.76 bits per heavy atom. The summed E-state index contributed by atoms with van der Waals surface area (Å²) < 4.78 is 1.43. The van der Waals surface area contributed by atoms with Crippen molar-refractivity contribution in [3.63, 3.8) is 0 Å². The second kappa shape index (κ2) is 7.97. The Kier molecular flexibility index (Phi) is 5.22. The third kappa shape index (κ3) is 3.95. The van der Waals surface area contributed by atoms with Crippen LogP contribution in [0.5, 0.6) is 0 Å². The molecule has 6 nitrogen and oxygen atoms in total. The molecule has 0 spiro atoms. The summed E-state index contributed by atoms with van der Waals surface area (Å²) in [6.45, 7) is 3.85. The van der Waals surface area contributed by atoms with Crippen LogP contribution in [0.1, 0.15) is 12.5 Å². The zero-order valence-electron chi connectivity index (χ0n) is 16.2. The summed E-state index contributed by atoms with van der Waals surface area (Å²) in [4.78, 5) is 12.8. The number of benzene rings is 3. The lowest BCUT2D eigenvalue weighted by molar-refractivity contribution is -0.115. The lowest BCUT2D eigenvalue weighted by Gasteiger charge is -2.13. The van der Waals surface area contributed by atoms with E-state index in [1.54, 1.807) is 0 Å². The van der Waals surface area contributed by atoms with Gasteiger partial charge in [-0.15, -0.1) is 10.2 Å². The van der Waals surface area contributed by atoms with Gasteiger partial charge < -0.3 is 11.2 Å². The predicted molar refractivity (Wildman–Crippen MR) is 118 cm³/mol. The van der Waals surface area contributed by atoms with Crippen LogP contribution in [0.3, 0.4) is 0 Å². The van der Waals surface area contributed by atoms with E-state index in [0.717, 1.165) is 27.6 Å². The molecule has 1 aromatic heterocycles. The average molecular weight is 404 g/mol. The van der Waals surface area contributed by atoms with Crippen LogP contribution in [0.2, 0.25) is 0 Å². The number of thioether (sulfide) groups is 1. The number of fused-ring (bicyclic) bond motifs is 1. The zero-order valence-corrected chi connectivity index (χ0v) is 17.0. The van der Waals surface area contributed by atoms with Gasteiger partial charge in [-0.25, -0.2) is 4.68 Å². The third-order valence-electron chi connectivity index (χ3n) is 4.67. The minimum Gasteiger partial charge on any atom is -0.335 e. The van der Waals surface area contributed by atoms with Gasteiger partial charge in [0.25, 0.3) is 0 Å². The Morgan fingerprint density at radius 3 is 2.55 bits per heavy atom. The SMILES string of the molecule is Cc1ccc(-c2nnc(S[C@H](C)C(=O)Nc3cccc4ccccc34)n2N)cc1. The second-order valence-corrected chi connectivity index (χ2v) is 8.13. The van der Waals surface area contributed by atoms with Crippen LogP contribution < -0.4 is 11.2 Å². The van der Waals surface area contributed by atoms with E-state index in [9.17, 15) is 4.79 Å². The van der Waals surface area contributed by atoms with Crippen LogP contribution in [0, 0.1) is 6.92 Å². The molecule has 0 aliphatic carbocycles. The maximum atomic E-state index is 12.8. The first-order valence-electron chi connectivity index (χ1n) is 9.26. The first-order valence-corrected chi connectivity index (χ1v) is 10.1. The lowest BCUT2D eigenvalue weighted by atomic mass is 10.1. The van der Waals surface area contributed by atoms with Gasteiger partial charge in [-0.05, 0) is 25.3 Å². The number of amides is 1. The average Bonchev–Trinajstić information content (AvgIpc) is 3.09. The molecule has 0 bridgehead atoms. The van der Waals surface area contributed by atoms with Crippen LogP contribution in [0.25, 0.3) is 22.2 Å². The Hall–Kier alpha value is -3.32. The third-order valence-corrected chi connectivity index (χ3v) is 5.73. The lowest BCUT2D eigenvalue weighted by Crippen LogP contribution is -2.23. The molecule has 4 rings (SSSR count). The Bertz CT molecular complexity index is 1160. The fourth-order valence-electron chi connectivity index (χ4n) is 3.04. The summed E-state index contributed by atoms with van der Waals surface area (Å²) in [6.07, 6.45) is 0. The van der Waals surface area contributed by atoms with Crippen LogP contribution in [0.15, 0.2) is 71.9 Å². The van der Waals surface area contributed by atoms with Crippen molar-refractivity contribution in [2.24, 2.45) is 0 Å². The number of nitrogen functional groups attached to an aromatic ring is 1. The van der Waals surface area contributed by atoms with Gasteiger partial charge in [0, 0.05) is 16.6 Å². The van der Waals surface area contributed by atoms with E-state index in [1.165, 1.54) is 16.4 Å². The van der Waals surface area contributed by atoms with Gasteiger partial charge in [-0.3, -0.25) is 4.79 Å². The number of aryl methyl sites for hydroxylation is 1. The number of rotatable bonds is 5. The molecule has 1 atom stereocenters. The summed E-state index contributed by atoms with van der Waals surface area (Å²) in [7, 11) is 0. The molecule has 1 amide bonds. The van der Waals surface area contributed by atoms with Crippen molar-refractivity contribution >= 4 is 34.1 Å². The molecular formula is C22H21N5OS. The highest BCUT2D eigenvalue weighted by molar-refractivity contribution is 8.00. The molecule has 0 radical (unpaired) electrons.